The van der Waals surface area contributed by atoms with Crippen molar-refractivity contribution in [3.63, 3.8) is 0 Å². The number of carbonyl (C=O) groups excluding carboxylic acids is 3. The summed E-state index contributed by atoms with van der Waals surface area (Å²) in [7, 11) is 0. The Morgan fingerprint density at radius 3 is 1.97 bits per heavy atom. The predicted octanol–water partition coefficient (Wildman–Crippen LogP) is 4.25. The van der Waals surface area contributed by atoms with Gasteiger partial charge in [-0.1, -0.05) is 84.9 Å². The quantitative estimate of drug-likeness (QED) is 0.461. The number of rotatable bonds is 6. The molecular formula is C26H23NO3. The van der Waals surface area contributed by atoms with Gasteiger partial charge >= 0.3 is 0 Å². The zero-order valence-corrected chi connectivity index (χ0v) is 16.8. The molecular weight excluding hydrogens is 374 g/mol. The fraction of sp³-hybridized carbons (Fsp3) is 0.192. The minimum atomic E-state index is -0.948. The summed E-state index contributed by atoms with van der Waals surface area (Å²) >= 11 is 0. The van der Waals surface area contributed by atoms with E-state index >= 15 is 0 Å². The number of likely N-dealkylation sites (tertiary alicyclic amines) is 1. The molecule has 0 aromatic heterocycles. The van der Waals surface area contributed by atoms with Crippen LogP contribution in [0.3, 0.4) is 0 Å². The third-order valence-electron chi connectivity index (χ3n) is 5.69. The molecule has 0 saturated carbocycles. The molecule has 1 aliphatic heterocycles. The first-order chi connectivity index (χ1) is 14.6. The van der Waals surface area contributed by atoms with Crippen molar-refractivity contribution < 1.29 is 14.4 Å². The highest BCUT2D eigenvalue weighted by Crippen LogP contribution is 2.37. The summed E-state index contributed by atoms with van der Waals surface area (Å²) in [5, 5.41) is 0. The molecule has 3 aromatic carbocycles. The molecule has 4 heteroatoms. The van der Waals surface area contributed by atoms with Crippen LogP contribution in [0.15, 0.2) is 84.9 Å². The summed E-state index contributed by atoms with van der Waals surface area (Å²) < 4.78 is 0. The van der Waals surface area contributed by atoms with Crippen LogP contribution < -0.4 is 0 Å². The third-order valence-corrected chi connectivity index (χ3v) is 5.69. The van der Waals surface area contributed by atoms with E-state index in [1.165, 1.54) is 6.92 Å². The van der Waals surface area contributed by atoms with Gasteiger partial charge in [0.25, 0.3) is 5.91 Å². The largest absolute Gasteiger partial charge is 0.328 e. The Kier molecular flexibility index (Phi) is 5.57. The maximum absolute atomic E-state index is 12.7. The molecule has 1 fully saturated rings. The average molecular weight is 397 g/mol. The molecule has 0 bridgehead atoms. The summed E-state index contributed by atoms with van der Waals surface area (Å²) in [6, 6.07) is 27.1. The van der Waals surface area contributed by atoms with Crippen LogP contribution in [0.2, 0.25) is 0 Å². The standard InChI is InChI=1S/C26H23NO3/c1-18(28)23-24(22-14-12-21(13-15-22)20-10-6-3-7-11-20)27(26(30)25(23)29)17-16-19-8-4-2-5-9-19/h2-15,23-24H,16-17H2,1H3. The second-order valence-electron chi connectivity index (χ2n) is 7.62. The van der Waals surface area contributed by atoms with Gasteiger partial charge < -0.3 is 4.90 Å². The molecule has 1 aliphatic rings. The van der Waals surface area contributed by atoms with Gasteiger partial charge in [0.2, 0.25) is 5.78 Å². The second-order valence-corrected chi connectivity index (χ2v) is 7.62. The lowest BCUT2D eigenvalue weighted by atomic mass is 9.89. The lowest BCUT2D eigenvalue weighted by Crippen LogP contribution is -2.32. The average Bonchev–Trinajstić information content (AvgIpc) is 3.04. The van der Waals surface area contributed by atoms with E-state index < -0.39 is 23.7 Å². The molecule has 4 nitrogen and oxygen atoms in total. The zero-order valence-electron chi connectivity index (χ0n) is 16.8. The van der Waals surface area contributed by atoms with Gasteiger partial charge in [0.15, 0.2) is 0 Å². The molecule has 2 unspecified atom stereocenters. The van der Waals surface area contributed by atoms with Crippen LogP contribution in [0.25, 0.3) is 11.1 Å². The Hall–Kier alpha value is -3.53. The Morgan fingerprint density at radius 2 is 1.37 bits per heavy atom. The van der Waals surface area contributed by atoms with Crippen molar-refractivity contribution in [1.82, 2.24) is 4.90 Å². The van der Waals surface area contributed by atoms with Gasteiger partial charge in [-0.25, -0.2) is 0 Å². The van der Waals surface area contributed by atoms with E-state index in [1.54, 1.807) is 4.90 Å². The van der Waals surface area contributed by atoms with Crippen molar-refractivity contribution >= 4 is 17.5 Å². The topological polar surface area (TPSA) is 54.5 Å². The summed E-state index contributed by atoms with van der Waals surface area (Å²) in [5.74, 6) is -2.39. The molecule has 4 rings (SSSR count). The third kappa shape index (κ3) is 3.81. The van der Waals surface area contributed by atoms with Gasteiger partial charge in [-0.3, -0.25) is 14.4 Å². The molecule has 30 heavy (non-hydrogen) atoms. The number of hydrogen-bond donors (Lipinski definition) is 0. The summed E-state index contributed by atoms with van der Waals surface area (Å²) in [6.45, 7) is 1.78. The summed E-state index contributed by atoms with van der Waals surface area (Å²) in [4.78, 5) is 39.2. The lowest BCUT2D eigenvalue weighted by molar-refractivity contribution is -0.142. The van der Waals surface area contributed by atoms with Crippen LogP contribution in [0.1, 0.15) is 24.1 Å². The molecule has 1 amide bonds. The molecule has 0 radical (unpaired) electrons. The van der Waals surface area contributed by atoms with Crippen LogP contribution in [0, 0.1) is 5.92 Å². The lowest BCUT2D eigenvalue weighted by Gasteiger charge is -2.27. The smallest absolute Gasteiger partial charge is 0.291 e. The van der Waals surface area contributed by atoms with Crippen molar-refractivity contribution in [2.75, 3.05) is 6.54 Å². The molecule has 2 atom stereocenters. The van der Waals surface area contributed by atoms with E-state index in [4.69, 9.17) is 0 Å². The number of amides is 1. The Balaban J connectivity index is 1.64. The zero-order chi connectivity index (χ0) is 21.1. The summed E-state index contributed by atoms with van der Waals surface area (Å²) in [5.41, 5.74) is 4.03. The van der Waals surface area contributed by atoms with Crippen LogP contribution >= 0.6 is 0 Å². The SMILES string of the molecule is CC(=O)C1C(=O)C(=O)N(CCc2ccccc2)C1c1ccc(-c2ccccc2)cc1. The Bertz CT molecular complexity index is 1060. The van der Waals surface area contributed by atoms with E-state index in [9.17, 15) is 14.4 Å². The molecule has 1 heterocycles. The van der Waals surface area contributed by atoms with Crippen LogP contribution in [-0.2, 0) is 20.8 Å². The first-order valence-electron chi connectivity index (χ1n) is 10.1. The van der Waals surface area contributed by atoms with Crippen molar-refractivity contribution in [3.8, 4) is 11.1 Å². The normalized spacial score (nSPS) is 18.6. The minimum Gasteiger partial charge on any atom is -0.328 e. The van der Waals surface area contributed by atoms with Crippen molar-refractivity contribution in [2.45, 2.75) is 19.4 Å². The summed E-state index contributed by atoms with van der Waals surface area (Å²) in [6.07, 6.45) is 0.628. The van der Waals surface area contributed by atoms with Gasteiger partial charge in [0, 0.05) is 6.54 Å². The molecule has 1 saturated heterocycles. The highest BCUT2D eigenvalue weighted by atomic mass is 16.2. The van der Waals surface area contributed by atoms with Crippen molar-refractivity contribution in [2.24, 2.45) is 5.92 Å². The Labute approximate surface area is 176 Å². The van der Waals surface area contributed by atoms with E-state index in [0.717, 1.165) is 22.3 Å². The van der Waals surface area contributed by atoms with E-state index in [2.05, 4.69) is 0 Å². The maximum Gasteiger partial charge on any atom is 0.291 e. The molecule has 150 valence electrons. The second kappa shape index (κ2) is 8.46. The first-order valence-corrected chi connectivity index (χ1v) is 10.1. The number of benzene rings is 3. The number of hydrogen-bond acceptors (Lipinski definition) is 3. The predicted molar refractivity (Wildman–Crippen MR) is 116 cm³/mol. The maximum atomic E-state index is 12.7. The number of ketones is 2. The van der Waals surface area contributed by atoms with Crippen LogP contribution in [0.4, 0.5) is 0 Å². The highest BCUT2D eigenvalue weighted by Gasteiger charge is 2.49. The fourth-order valence-electron chi connectivity index (χ4n) is 4.14. The monoisotopic (exact) mass is 397 g/mol. The van der Waals surface area contributed by atoms with Crippen LogP contribution in [-0.4, -0.2) is 28.9 Å². The van der Waals surface area contributed by atoms with Gasteiger partial charge in [-0.2, -0.15) is 0 Å². The molecule has 0 N–H and O–H groups in total. The molecule has 3 aromatic rings. The van der Waals surface area contributed by atoms with Crippen molar-refractivity contribution in [1.29, 1.82) is 0 Å². The number of nitrogens with zero attached hydrogens (tertiary/aromatic N) is 1. The molecule has 0 aliphatic carbocycles. The molecule has 0 spiro atoms. The number of Topliss-reactive ketones (excluding diaryl/α,β-unsaturated/α-hetero) is 2. The fourth-order valence-corrected chi connectivity index (χ4v) is 4.14. The van der Waals surface area contributed by atoms with Gasteiger partial charge in [-0.15, -0.1) is 0 Å². The first kappa shape index (κ1) is 19.8. The van der Waals surface area contributed by atoms with Gasteiger partial charge in [0.05, 0.1) is 6.04 Å². The number of carbonyl (C=O) groups is 3. The van der Waals surface area contributed by atoms with E-state index in [1.807, 2.05) is 84.9 Å². The van der Waals surface area contributed by atoms with Gasteiger partial charge in [0.1, 0.15) is 11.7 Å². The van der Waals surface area contributed by atoms with Crippen molar-refractivity contribution in [3.05, 3.63) is 96.1 Å². The van der Waals surface area contributed by atoms with E-state index in [0.29, 0.717) is 13.0 Å². The Morgan fingerprint density at radius 1 is 0.800 bits per heavy atom. The minimum absolute atomic E-state index is 0.271. The van der Waals surface area contributed by atoms with Crippen LogP contribution in [0.5, 0.6) is 0 Å². The van der Waals surface area contributed by atoms with Gasteiger partial charge in [-0.05, 0) is 35.6 Å². The highest BCUT2D eigenvalue weighted by molar-refractivity contribution is 6.42. The van der Waals surface area contributed by atoms with E-state index in [-0.39, 0.29) is 5.78 Å².